The maximum atomic E-state index is 13.0. The normalized spacial score (nSPS) is 11.1. The maximum absolute atomic E-state index is 13.0. The Labute approximate surface area is 120 Å². The Bertz CT molecular complexity index is 545. The molecule has 1 aromatic heterocycles. The molecular formula is C13H13ClFNO4. The number of ketones is 1. The second kappa shape index (κ2) is 7.59. The summed E-state index contributed by atoms with van der Waals surface area (Å²) in [6, 6.07) is 1.25. The number of aromatic nitrogens is 1. The van der Waals surface area contributed by atoms with E-state index in [4.69, 9.17) is 16.3 Å². The first-order valence-corrected chi connectivity index (χ1v) is 6.24. The Kier molecular flexibility index (Phi) is 6.11. The summed E-state index contributed by atoms with van der Waals surface area (Å²) in [7, 11) is 0. The van der Waals surface area contributed by atoms with E-state index in [9.17, 15) is 14.0 Å². The van der Waals surface area contributed by atoms with Gasteiger partial charge in [0.1, 0.15) is 5.76 Å². The van der Waals surface area contributed by atoms with Crippen LogP contribution in [0.15, 0.2) is 18.3 Å². The molecule has 0 bridgehead atoms. The number of hydrogen-bond acceptors (Lipinski definition) is 5. The van der Waals surface area contributed by atoms with Gasteiger partial charge in [0, 0.05) is 17.8 Å². The number of nitrogens with zero attached hydrogens (tertiary/aromatic N) is 1. The summed E-state index contributed by atoms with van der Waals surface area (Å²) >= 11 is 5.61. The van der Waals surface area contributed by atoms with Crippen LogP contribution in [0, 0.1) is 5.95 Å². The highest BCUT2D eigenvalue weighted by molar-refractivity contribution is 6.39. The molecule has 1 heterocycles. The number of halogens is 2. The lowest BCUT2D eigenvalue weighted by Gasteiger charge is -2.08. The van der Waals surface area contributed by atoms with Crippen LogP contribution >= 0.6 is 11.6 Å². The summed E-state index contributed by atoms with van der Waals surface area (Å²) in [5, 5.41) is -0.211. The molecule has 0 saturated heterocycles. The van der Waals surface area contributed by atoms with Gasteiger partial charge in [-0.2, -0.15) is 4.39 Å². The lowest BCUT2D eigenvalue weighted by molar-refractivity contribution is -0.151. The van der Waals surface area contributed by atoms with Gasteiger partial charge in [-0.15, -0.1) is 0 Å². The van der Waals surface area contributed by atoms with Gasteiger partial charge in [0.25, 0.3) is 5.78 Å². The SMILES string of the molecule is CCOC(=O)C(=O)/C=C(\OCC)c1cnc(F)c(Cl)c1. The summed E-state index contributed by atoms with van der Waals surface area (Å²) in [6.45, 7) is 3.62. The topological polar surface area (TPSA) is 65.5 Å². The minimum Gasteiger partial charge on any atom is -0.493 e. The molecule has 0 fully saturated rings. The van der Waals surface area contributed by atoms with Gasteiger partial charge in [0.05, 0.1) is 18.2 Å². The lowest BCUT2D eigenvalue weighted by atomic mass is 10.2. The van der Waals surface area contributed by atoms with Gasteiger partial charge in [0.15, 0.2) is 0 Å². The van der Waals surface area contributed by atoms with Crippen molar-refractivity contribution in [3.05, 3.63) is 34.9 Å². The summed E-state index contributed by atoms with van der Waals surface area (Å²) in [6.07, 6.45) is 2.12. The standard InChI is InChI=1S/C13H13ClFNO4/c1-3-19-11(6-10(17)13(18)20-4-2)8-5-9(14)12(15)16-7-8/h5-7H,3-4H2,1-2H3/b11-6-. The Balaban J connectivity index is 3.06. The second-order valence-corrected chi connectivity index (χ2v) is 3.93. The fourth-order valence-electron chi connectivity index (χ4n) is 1.30. The van der Waals surface area contributed by atoms with Crippen LogP contribution in [0.5, 0.6) is 0 Å². The van der Waals surface area contributed by atoms with Crippen LogP contribution in [0.1, 0.15) is 19.4 Å². The lowest BCUT2D eigenvalue weighted by Crippen LogP contribution is -2.15. The van der Waals surface area contributed by atoms with Gasteiger partial charge in [0.2, 0.25) is 5.95 Å². The molecule has 108 valence electrons. The van der Waals surface area contributed by atoms with Crippen LogP contribution in [0.4, 0.5) is 4.39 Å². The average molecular weight is 302 g/mol. The van der Waals surface area contributed by atoms with Gasteiger partial charge in [-0.05, 0) is 19.9 Å². The molecule has 0 aliphatic carbocycles. The Morgan fingerprint density at radius 1 is 1.35 bits per heavy atom. The quantitative estimate of drug-likeness (QED) is 0.265. The van der Waals surface area contributed by atoms with E-state index in [1.807, 2.05) is 0 Å². The molecule has 0 unspecified atom stereocenters. The number of pyridine rings is 1. The second-order valence-electron chi connectivity index (χ2n) is 3.52. The van der Waals surface area contributed by atoms with E-state index in [1.54, 1.807) is 13.8 Å². The molecule has 0 aromatic carbocycles. The first kappa shape index (κ1) is 16.1. The van der Waals surface area contributed by atoms with Crippen LogP contribution in [0.3, 0.4) is 0 Å². The molecule has 0 aliphatic rings. The third-order valence-corrected chi connectivity index (χ3v) is 2.38. The van der Waals surface area contributed by atoms with Crippen molar-refractivity contribution in [2.75, 3.05) is 13.2 Å². The van der Waals surface area contributed by atoms with E-state index in [-0.39, 0.29) is 29.6 Å². The molecule has 0 amide bonds. The molecule has 0 spiro atoms. The van der Waals surface area contributed by atoms with Gasteiger partial charge in [-0.1, -0.05) is 11.6 Å². The number of ether oxygens (including phenoxy) is 2. The van der Waals surface area contributed by atoms with Crippen molar-refractivity contribution in [2.24, 2.45) is 0 Å². The first-order valence-electron chi connectivity index (χ1n) is 5.86. The first-order chi connectivity index (χ1) is 9.49. The summed E-state index contributed by atoms with van der Waals surface area (Å²) < 4.78 is 22.8. The predicted molar refractivity (Wildman–Crippen MR) is 70.4 cm³/mol. The predicted octanol–water partition coefficient (Wildman–Crippen LogP) is 2.38. The average Bonchev–Trinajstić information content (AvgIpc) is 2.41. The van der Waals surface area contributed by atoms with E-state index in [1.165, 1.54) is 6.07 Å². The van der Waals surface area contributed by atoms with Crippen molar-refractivity contribution in [3.8, 4) is 0 Å². The number of esters is 1. The number of carbonyl (C=O) groups is 2. The summed E-state index contributed by atoms with van der Waals surface area (Å²) in [5.41, 5.74) is 0.288. The highest BCUT2D eigenvalue weighted by Gasteiger charge is 2.16. The molecule has 5 nitrogen and oxygen atoms in total. The van der Waals surface area contributed by atoms with Crippen LogP contribution in [-0.2, 0) is 19.1 Å². The Hall–Kier alpha value is -1.95. The number of carbonyl (C=O) groups excluding carboxylic acids is 2. The monoisotopic (exact) mass is 301 g/mol. The minimum atomic E-state index is -0.995. The van der Waals surface area contributed by atoms with Gasteiger partial charge < -0.3 is 9.47 Å². The zero-order chi connectivity index (χ0) is 15.1. The van der Waals surface area contributed by atoms with Gasteiger partial charge >= 0.3 is 5.97 Å². The molecule has 0 N–H and O–H groups in total. The third-order valence-electron chi connectivity index (χ3n) is 2.12. The van der Waals surface area contributed by atoms with Crippen LogP contribution in [0.2, 0.25) is 5.02 Å². The van der Waals surface area contributed by atoms with E-state index < -0.39 is 17.7 Å². The molecule has 20 heavy (non-hydrogen) atoms. The molecule has 0 saturated carbocycles. The molecule has 0 radical (unpaired) electrons. The molecule has 0 aliphatic heterocycles. The molecular weight excluding hydrogens is 289 g/mol. The zero-order valence-electron chi connectivity index (χ0n) is 11.0. The van der Waals surface area contributed by atoms with Crippen LogP contribution < -0.4 is 0 Å². The molecule has 1 rings (SSSR count). The van der Waals surface area contributed by atoms with Crippen molar-refractivity contribution < 1.29 is 23.5 Å². The fraction of sp³-hybridized carbons (Fsp3) is 0.308. The van der Waals surface area contributed by atoms with Gasteiger partial charge in [-0.25, -0.2) is 9.78 Å². The largest absolute Gasteiger partial charge is 0.493 e. The highest BCUT2D eigenvalue weighted by atomic mass is 35.5. The van der Waals surface area contributed by atoms with Gasteiger partial charge in [-0.3, -0.25) is 4.79 Å². The van der Waals surface area contributed by atoms with E-state index >= 15 is 0 Å². The molecule has 7 heteroatoms. The molecule has 1 aromatic rings. The highest BCUT2D eigenvalue weighted by Crippen LogP contribution is 2.21. The maximum Gasteiger partial charge on any atom is 0.379 e. The Morgan fingerprint density at radius 2 is 2.00 bits per heavy atom. The van der Waals surface area contributed by atoms with Crippen molar-refractivity contribution in [1.82, 2.24) is 4.98 Å². The van der Waals surface area contributed by atoms with E-state index in [2.05, 4.69) is 9.72 Å². The van der Waals surface area contributed by atoms with Crippen LogP contribution in [0.25, 0.3) is 5.76 Å². The third kappa shape index (κ3) is 4.31. The van der Waals surface area contributed by atoms with E-state index in [0.717, 1.165) is 12.3 Å². The fourth-order valence-corrected chi connectivity index (χ4v) is 1.47. The molecule has 0 atom stereocenters. The van der Waals surface area contributed by atoms with Crippen molar-refractivity contribution in [3.63, 3.8) is 0 Å². The number of rotatable bonds is 6. The summed E-state index contributed by atoms with van der Waals surface area (Å²) in [5.74, 6) is -2.63. The van der Waals surface area contributed by atoms with E-state index in [0.29, 0.717) is 0 Å². The number of hydrogen-bond donors (Lipinski definition) is 0. The van der Waals surface area contributed by atoms with Crippen molar-refractivity contribution in [1.29, 1.82) is 0 Å². The summed E-state index contributed by atoms with van der Waals surface area (Å²) in [4.78, 5) is 26.3. The zero-order valence-corrected chi connectivity index (χ0v) is 11.7. The van der Waals surface area contributed by atoms with Crippen molar-refractivity contribution >= 4 is 29.1 Å². The van der Waals surface area contributed by atoms with Crippen molar-refractivity contribution in [2.45, 2.75) is 13.8 Å². The van der Waals surface area contributed by atoms with Crippen LogP contribution in [-0.4, -0.2) is 30.0 Å². The minimum absolute atomic E-state index is 0.0694. The Morgan fingerprint density at radius 3 is 2.55 bits per heavy atom. The smallest absolute Gasteiger partial charge is 0.379 e.